The number of aliphatic hydroxyl groups is 1. The molecule has 0 radical (unpaired) electrons. The lowest BCUT2D eigenvalue weighted by molar-refractivity contribution is -0.0492. The maximum atomic E-state index is 9.91. The fourth-order valence-corrected chi connectivity index (χ4v) is 2.03. The molecule has 2 rings (SSSR count). The summed E-state index contributed by atoms with van der Waals surface area (Å²) in [5.74, 6) is 0. The monoisotopic (exact) mass is 181 g/mol. The van der Waals surface area contributed by atoms with Gasteiger partial charge >= 0.3 is 0 Å². The maximum Gasteiger partial charge on any atom is 0.0987 e. The Bertz CT molecular complexity index is 242. The minimum Gasteiger partial charge on any atom is -0.389 e. The molecule has 3 unspecified atom stereocenters. The summed E-state index contributed by atoms with van der Waals surface area (Å²) in [5, 5.41) is 18.8. The van der Waals surface area contributed by atoms with Crippen molar-refractivity contribution in [3.05, 3.63) is 0 Å². The van der Waals surface area contributed by atoms with Crippen LogP contribution in [0.25, 0.3) is 0 Å². The van der Waals surface area contributed by atoms with Crippen LogP contribution < -0.4 is 0 Å². The predicted octanol–water partition coefficient (Wildman–Crippen LogP) is 1.22. The number of aliphatic hydroxyl groups excluding tert-OH is 1. The molecule has 0 aromatic rings. The number of hydrogen-bond donors (Lipinski definition) is 1. The SMILES string of the molecule is CC1CCC(C(O)C2(C#N)CC2)O1. The molecule has 1 saturated carbocycles. The number of ether oxygens (including phenoxy) is 1. The molecular formula is C10H15NO2. The Kier molecular flexibility index (Phi) is 2.05. The van der Waals surface area contributed by atoms with Gasteiger partial charge in [0, 0.05) is 0 Å². The van der Waals surface area contributed by atoms with Crippen molar-refractivity contribution >= 4 is 0 Å². The van der Waals surface area contributed by atoms with E-state index in [0.29, 0.717) is 0 Å². The van der Waals surface area contributed by atoms with E-state index in [0.717, 1.165) is 25.7 Å². The van der Waals surface area contributed by atoms with Crippen molar-refractivity contribution in [2.24, 2.45) is 5.41 Å². The Morgan fingerprint density at radius 3 is 2.62 bits per heavy atom. The Morgan fingerprint density at radius 2 is 2.23 bits per heavy atom. The van der Waals surface area contributed by atoms with Gasteiger partial charge in [0.05, 0.1) is 29.8 Å². The first kappa shape index (κ1) is 8.98. The van der Waals surface area contributed by atoms with Gasteiger partial charge in [0.1, 0.15) is 0 Å². The zero-order valence-corrected chi connectivity index (χ0v) is 7.86. The van der Waals surface area contributed by atoms with Gasteiger partial charge in [0.15, 0.2) is 0 Å². The van der Waals surface area contributed by atoms with Gasteiger partial charge in [0.2, 0.25) is 0 Å². The lowest BCUT2D eigenvalue weighted by atomic mass is 9.95. The van der Waals surface area contributed by atoms with Gasteiger partial charge in [-0.05, 0) is 32.6 Å². The number of nitriles is 1. The van der Waals surface area contributed by atoms with Crippen molar-refractivity contribution in [3.63, 3.8) is 0 Å². The highest BCUT2D eigenvalue weighted by Gasteiger charge is 2.53. The van der Waals surface area contributed by atoms with Crippen LogP contribution in [0.5, 0.6) is 0 Å². The molecule has 1 aliphatic carbocycles. The second kappa shape index (κ2) is 2.97. The summed E-state index contributed by atoms with van der Waals surface area (Å²) in [6.45, 7) is 2.01. The molecule has 0 bridgehead atoms. The zero-order chi connectivity index (χ0) is 9.47. The van der Waals surface area contributed by atoms with Crippen molar-refractivity contribution in [1.82, 2.24) is 0 Å². The normalized spacial score (nSPS) is 38.2. The lowest BCUT2D eigenvalue weighted by Gasteiger charge is -2.21. The smallest absolute Gasteiger partial charge is 0.0987 e. The van der Waals surface area contributed by atoms with Crippen LogP contribution in [0.2, 0.25) is 0 Å². The first-order valence-electron chi connectivity index (χ1n) is 4.93. The second-order valence-electron chi connectivity index (χ2n) is 4.28. The molecule has 72 valence electrons. The summed E-state index contributed by atoms with van der Waals surface area (Å²) < 4.78 is 5.55. The van der Waals surface area contributed by atoms with Crippen molar-refractivity contribution in [2.75, 3.05) is 0 Å². The molecule has 0 amide bonds. The molecule has 1 N–H and O–H groups in total. The van der Waals surface area contributed by atoms with E-state index in [1.165, 1.54) is 0 Å². The topological polar surface area (TPSA) is 53.2 Å². The average molecular weight is 181 g/mol. The summed E-state index contributed by atoms with van der Waals surface area (Å²) in [6.07, 6.45) is 3.14. The Hall–Kier alpha value is -0.590. The minimum absolute atomic E-state index is 0.0999. The summed E-state index contributed by atoms with van der Waals surface area (Å²) in [5.41, 5.74) is -0.464. The van der Waals surface area contributed by atoms with E-state index in [1.807, 2.05) is 6.92 Å². The van der Waals surface area contributed by atoms with Gasteiger partial charge in [-0.15, -0.1) is 0 Å². The van der Waals surface area contributed by atoms with Crippen LogP contribution in [-0.2, 0) is 4.74 Å². The highest BCUT2D eigenvalue weighted by atomic mass is 16.5. The minimum atomic E-state index is -0.567. The van der Waals surface area contributed by atoms with Crippen LogP contribution in [0, 0.1) is 16.7 Å². The first-order valence-corrected chi connectivity index (χ1v) is 4.93. The average Bonchev–Trinajstić information content (AvgIpc) is 2.82. The molecule has 1 saturated heterocycles. The van der Waals surface area contributed by atoms with E-state index < -0.39 is 11.5 Å². The third-order valence-electron chi connectivity index (χ3n) is 3.19. The van der Waals surface area contributed by atoms with E-state index in [4.69, 9.17) is 10.00 Å². The summed E-state index contributed by atoms with van der Waals surface area (Å²) in [6, 6.07) is 2.21. The summed E-state index contributed by atoms with van der Waals surface area (Å²) >= 11 is 0. The Balaban J connectivity index is 1.98. The van der Waals surface area contributed by atoms with E-state index in [9.17, 15) is 5.11 Å². The zero-order valence-electron chi connectivity index (χ0n) is 7.86. The van der Waals surface area contributed by atoms with Gasteiger partial charge in [-0.3, -0.25) is 0 Å². The molecule has 0 aromatic heterocycles. The molecular weight excluding hydrogens is 166 g/mol. The summed E-state index contributed by atoms with van der Waals surface area (Å²) in [7, 11) is 0. The van der Waals surface area contributed by atoms with Gasteiger partial charge in [-0.1, -0.05) is 0 Å². The van der Waals surface area contributed by atoms with Crippen molar-refractivity contribution in [3.8, 4) is 6.07 Å². The quantitative estimate of drug-likeness (QED) is 0.696. The third-order valence-corrected chi connectivity index (χ3v) is 3.19. The maximum absolute atomic E-state index is 9.91. The molecule has 3 heteroatoms. The van der Waals surface area contributed by atoms with Crippen LogP contribution >= 0.6 is 0 Å². The van der Waals surface area contributed by atoms with Crippen molar-refractivity contribution in [1.29, 1.82) is 5.26 Å². The number of hydrogen-bond acceptors (Lipinski definition) is 3. The number of rotatable bonds is 2. The van der Waals surface area contributed by atoms with Gasteiger partial charge < -0.3 is 9.84 Å². The fourth-order valence-electron chi connectivity index (χ4n) is 2.03. The standard InChI is InChI=1S/C10H15NO2/c1-7-2-3-8(13-7)9(12)10(6-11)4-5-10/h7-9,12H,2-5H2,1H3. The first-order chi connectivity index (χ1) is 6.18. The molecule has 3 nitrogen and oxygen atoms in total. The number of nitrogens with zero attached hydrogens (tertiary/aromatic N) is 1. The summed E-state index contributed by atoms with van der Waals surface area (Å²) in [4.78, 5) is 0. The van der Waals surface area contributed by atoms with Crippen LogP contribution in [0.3, 0.4) is 0 Å². The highest BCUT2D eigenvalue weighted by Crippen LogP contribution is 2.50. The molecule has 1 aliphatic heterocycles. The molecule has 2 fully saturated rings. The molecule has 0 spiro atoms. The molecule has 13 heavy (non-hydrogen) atoms. The molecule has 2 aliphatic rings. The van der Waals surface area contributed by atoms with Crippen LogP contribution in [0.15, 0.2) is 0 Å². The van der Waals surface area contributed by atoms with Gasteiger partial charge in [-0.25, -0.2) is 0 Å². The molecule has 1 heterocycles. The Labute approximate surface area is 78.3 Å². The lowest BCUT2D eigenvalue weighted by Crippen LogP contribution is -2.34. The van der Waals surface area contributed by atoms with E-state index in [-0.39, 0.29) is 12.2 Å². The second-order valence-corrected chi connectivity index (χ2v) is 4.28. The van der Waals surface area contributed by atoms with Gasteiger partial charge in [0.25, 0.3) is 0 Å². The van der Waals surface area contributed by atoms with Crippen LogP contribution in [0.1, 0.15) is 32.6 Å². The largest absolute Gasteiger partial charge is 0.389 e. The third kappa shape index (κ3) is 1.45. The van der Waals surface area contributed by atoms with Crippen LogP contribution in [0.4, 0.5) is 0 Å². The van der Waals surface area contributed by atoms with E-state index in [2.05, 4.69) is 6.07 Å². The Morgan fingerprint density at radius 1 is 1.54 bits per heavy atom. The van der Waals surface area contributed by atoms with Crippen LogP contribution in [-0.4, -0.2) is 23.4 Å². The van der Waals surface area contributed by atoms with E-state index >= 15 is 0 Å². The van der Waals surface area contributed by atoms with Crippen molar-refractivity contribution in [2.45, 2.75) is 50.9 Å². The van der Waals surface area contributed by atoms with E-state index in [1.54, 1.807) is 0 Å². The molecule has 0 aromatic carbocycles. The fraction of sp³-hybridized carbons (Fsp3) is 0.900. The van der Waals surface area contributed by atoms with Crippen molar-refractivity contribution < 1.29 is 9.84 Å². The highest BCUT2D eigenvalue weighted by molar-refractivity contribution is 5.15. The van der Waals surface area contributed by atoms with Gasteiger partial charge in [-0.2, -0.15) is 5.26 Å². The predicted molar refractivity (Wildman–Crippen MR) is 46.9 cm³/mol. The molecule has 3 atom stereocenters.